The zero-order valence-electron chi connectivity index (χ0n) is 20.4. The van der Waals surface area contributed by atoms with Crippen LogP contribution in [0.15, 0.2) is 71.5 Å². The second-order valence-corrected chi connectivity index (χ2v) is 10.5. The average Bonchev–Trinajstić information content (AvgIpc) is 3.79. The molecule has 0 radical (unpaired) electrons. The first-order valence-corrected chi connectivity index (χ1v) is 13.4. The molecule has 2 fully saturated rings. The van der Waals surface area contributed by atoms with E-state index in [0.717, 1.165) is 52.9 Å². The number of aromatic nitrogens is 6. The SMILES string of the molecule is N/C=C(\C=C(/C=C1CC1)NC(=O)C1CC1)c1ccc2[nH]nc(-c3nc4nccc(-c5cccs5)c4[nH]3)c2n1. The Morgan fingerprint density at radius 3 is 2.82 bits per heavy atom. The van der Waals surface area contributed by atoms with Crippen molar-refractivity contribution in [2.45, 2.75) is 25.7 Å². The molecule has 5 N–H and O–H groups in total. The number of H-pyrrole nitrogens is 2. The van der Waals surface area contributed by atoms with Gasteiger partial charge in [0.15, 0.2) is 17.2 Å². The third-order valence-corrected chi connectivity index (χ3v) is 7.61. The van der Waals surface area contributed by atoms with Crippen LogP contribution in [0, 0.1) is 5.92 Å². The Kier molecular flexibility index (Phi) is 5.40. The highest BCUT2D eigenvalue weighted by molar-refractivity contribution is 7.13. The van der Waals surface area contributed by atoms with Gasteiger partial charge in [-0.05, 0) is 67.5 Å². The average molecular weight is 521 g/mol. The Hall–Kier alpha value is -4.57. The van der Waals surface area contributed by atoms with Crippen molar-refractivity contribution in [2.24, 2.45) is 11.7 Å². The van der Waals surface area contributed by atoms with Crippen molar-refractivity contribution < 1.29 is 4.79 Å². The van der Waals surface area contributed by atoms with E-state index in [4.69, 9.17) is 15.7 Å². The minimum atomic E-state index is 0.0612. The number of pyridine rings is 2. The summed E-state index contributed by atoms with van der Waals surface area (Å²) in [5, 5.41) is 12.7. The number of rotatable bonds is 7. The normalized spacial score (nSPS) is 15.8. The van der Waals surface area contributed by atoms with Crippen molar-refractivity contribution >= 4 is 45.0 Å². The monoisotopic (exact) mass is 520 g/mol. The molecule has 2 aliphatic rings. The molecule has 0 spiro atoms. The molecule has 10 heteroatoms. The smallest absolute Gasteiger partial charge is 0.227 e. The lowest BCUT2D eigenvalue weighted by Gasteiger charge is -2.08. The number of hydrogen-bond acceptors (Lipinski definition) is 7. The molecule has 0 aliphatic heterocycles. The van der Waals surface area contributed by atoms with E-state index in [9.17, 15) is 4.79 Å². The van der Waals surface area contributed by atoms with Gasteiger partial charge in [0.05, 0.1) is 16.7 Å². The molecule has 9 nitrogen and oxygen atoms in total. The largest absolute Gasteiger partial charge is 0.404 e. The lowest BCUT2D eigenvalue weighted by Crippen LogP contribution is -2.23. The molecule has 5 aromatic rings. The number of amides is 1. The number of nitrogens with two attached hydrogens (primary N) is 1. The van der Waals surface area contributed by atoms with Crippen LogP contribution >= 0.6 is 11.3 Å². The number of carbonyl (C=O) groups is 1. The van der Waals surface area contributed by atoms with Crippen LogP contribution in [-0.2, 0) is 4.79 Å². The maximum atomic E-state index is 12.5. The Morgan fingerprint density at radius 1 is 1.16 bits per heavy atom. The highest BCUT2D eigenvalue weighted by Crippen LogP contribution is 2.34. The summed E-state index contributed by atoms with van der Waals surface area (Å²) < 4.78 is 0. The number of allylic oxidation sites excluding steroid dienone is 4. The van der Waals surface area contributed by atoms with Crippen molar-refractivity contribution in [3.63, 3.8) is 0 Å². The lowest BCUT2D eigenvalue weighted by molar-refractivity contribution is -0.121. The molecule has 1 amide bonds. The third-order valence-electron chi connectivity index (χ3n) is 6.71. The van der Waals surface area contributed by atoms with E-state index in [2.05, 4.69) is 31.5 Å². The van der Waals surface area contributed by atoms with Crippen molar-refractivity contribution in [3.8, 4) is 22.0 Å². The van der Waals surface area contributed by atoms with Gasteiger partial charge in [-0.1, -0.05) is 11.6 Å². The minimum Gasteiger partial charge on any atom is -0.404 e. The van der Waals surface area contributed by atoms with E-state index in [-0.39, 0.29) is 11.8 Å². The van der Waals surface area contributed by atoms with Crippen LogP contribution in [-0.4, -0.2) is 36.0 Å². The Bertz CT molecular complexity index is 1780. The molecular weight excluding hydrogens is 496 g/mol. The number of thiophene rings is 1. The maximum absolute atomic E-state index is 12.5. The lowest BCUT2D eigenvalue weighted by atomic mass is 10.1. The summed E-state index contributed by atoms with van der Waals surface area (Å²) in [7, 11) is 0. The highest BCUT2D eigenvalue weighted by Gasteiger charge is 2.30. The molecule has 5 heterocycles. The molecule has 188 valence electrons. The number of aromatic amines is 2. The number of carbonyl (C=O) groups excluding carboxylic acids is 1. The molecule has 7 rings (SSSR count). The van der Waals surface area contributed by atoms with Gasteiger partial charge in [-0.3, -0.25) is 9.89 Å². The van der Waals surface area contributed by atoms with Crippen LogP contribution in [0.3, 0.4) is 0 Å². The van der Waals surface area contributed by atoms with Gasteiger partial charge in [0, 0.05) is 40.0 Å². The van der Waals surface area contributed by atoms with Gasteiger partial charge < -0.3 is 16.0 Å². The summed E-state index contributed by atoms with van der Waals surface area (Å²) in [6.45, 7) is 0. The number of nitrogens with zero attached hydrogens (tertiary/aromatic N) is 4. The fourth-order valence-electron chi connectivity index (χ4n) is 4.40. The molecule has 38 heavy (non-hydrogen) atoms. The first-order valence-electron chi connectivity index (χ1n) is 12.5. The molecule has 0 atom stereocenters. The van der Waals surface area contributed by atoms with Gasteiger partial charge in [0.2, 0.25) is 5.91 Å². The van der Waals surface area contributed by atoms with Crippen LogP contribution in [0.4, 0.5) is 0 Å². The molecule has 0 saturated heterocycles. The van der Waals surface area contributed by atoms with E-state index in [1.54, 1.807) is 17.5 Å². The minimum absolute atomic E-state index is 0.0612. The summed E-state index contributed by atoms with van der Waals surface area (Å²) in [6, 6.07) is 9.89. The second-order valence-electron chi connectivity index (χ2n) is 9.57. The second kappa shape index (κ2) is 9.07. The van der Waals surface area contributed by atoms with E-state index in [1.807, 2.05) is 41.8 Å². The van der Waals surface area contributed by atoms with E-state index >= 15 is 0 Å². The molecule has 2 saturated carbocycles. The molecule has 2 aliphatic carbocycles. The summed E-state index contributed by atoms with van der Waals surface area (Å²) >= 11 is 1.66. The van der Waals surface area contributed by atoms with Gasteiger partial charge >= 0.3 is 0 Å². The van der Waals surface area contributed by atoms with Gasteiger partial charge in [-0.15, -0.1) is 11.3 Å². The number of fused-ring (bicyclic) bond motifs is 2. The van der Waals surface area contributed by atoms with E-state index < -0.39 is 0 Å². The first-order chi connectivity index (χ1) is 18.7. The van der Waals surface area contributed by atoms with Crippen LogP contribution in [0.5, 0.6) is 0 Å². The van der Waals surface area contributed by atoms with E-state index in [0.29, 0.717) is 33.9 Å². The Labute approximate surface area is 221 Å². The predicted molar refractivity (Wildman–Crippen MR) is 149 cm³/mol. The van der Waals surface area contributed by atoms with Crippen molar-refractivity contribution in [2.75, 3.05) is 0 Å². The van der Waals surface area contributed by atoms with Gasteiger partial charge in [0.25, 0.3) is 0 Å². The Balaban J connectivity index is 1.27. The van der Waals surface area contributed by atoms with Crippen molar-refractivity contribution in [1.82, 2.24) is 35.5 Å². The van der Waals surface area contributed by atoms with E-state index in [1.165, 1.54) is 11.8 Å². The number of imidazole rings is 1. The molecule has 5 aromatic heterocycles. The zero-order chi connectivity index (χ0) is 25.6. The number of hydrogen-bond donors (Lipinski definition) is 4. The fourth-order valence-corrected chi connectivity index (χ4v) is 5.16. The van der Waals surface area contributed by atoms with Crippen LogP contribution < -0.4 is 11.1 Å². The maximum Gasteiger partial charge on any atom is 0.227 e. The van der Waals surface area contributed by atoms with Gasteiger partial charge in [-0.2, -0.15) is 5.10 Å². The Morgan fingerprint density at radius 2 is 2.05 bits per heavy atom. The standard InChI is InChI=1S/C28H24N8OS/c29-14-17(13-18(12-15-3-4-15)31-28(37)16-5-6-16)20-7-8-21-24(32-20)25(36-35-21)27-33-23-19(22-2-1-11-38-22)9-10-30-26(23)34-27/h1-2,7-14,16H,3-6,29H2,(H,31,37)(H,35,36)(H,30,33,34)/b17-14+,18-13+. The van der Waals surface area contributed by atoms with Crippen LogP contribution in [0.2, 0.25) is 0 Å². The van der Waals surface area contributed by atoms with Crippen molar-refractivity contribution in [1.29, 1.82) is 0 Å². The van der Waals surface area contributed by atoms with Gasteiger partial charge in [0.1, 0.15) is 5.52 Å². The molecular formula is C28H24N8OS. The number of nitrogens with one attached hydrogen (secondary N) is 3. The summed E-state index contributed by atoms with van der Waals surface area (Å²) in [5.74, 6) is 0.756. The summed E-state index contributed by atoms with van der Waals surface area (Å²) in [5.41, 5.74) is 14.0. The van der Waals surface area contributed by atoms with Gasteiger partial charge in [-0.25, -0.2) is 15.0 Å². The first kappa shape index (κ1) is 22.6. The molecule has 0 aromatic carbocycles. The topological polar surface area (TPSA) is 138 Å². The van der Waals surface area contributed by atoms with Crippen LogP contribution in [0.1, 0.15) is 31.4 Å². The van der Waals surface area contributed by atoms with Crippen molar-refractivity contribution in [3.05, 3.63) is 77.2 Å². The summed E-state index contributed by atoms with van der Waals surface area (Å²) in [6.07, 6.45) is 11.2. The zero-order valence-corrected chi connectivity index (χ0v) is 21.2. The predicted octanol–water partition coefficient (Wildman–Crippen LogP) is 5.05. The quantitative estimate of drug-likeness (QED) is 0.221. The molecule has 0 unspecified atom stereocenters. The summed E-state index contributed by atoms with van der Waals surface area (Å²) in [4.78, 5) is 31.1. The molecule has 0 bridgehead atoms. The highest BCUT2D eigenvalue weighted by atomic mass is 32.1. The third kappa shape index (κ3) is 4.28. The van der Waals surface area contributed by atoms with Crippen LogP contribution in [0.25, 0.3) is 49.7 Å². The fraction of sp³-hybridized carbons (Fsp3) is 0.179.